The van der Waals surface area contributed by atoms with Gasteiger partial charge in [-0.3, -0.25) is 9.78 Å². The standard InChI is InChI=1S/C16H17N3O2/c1-17-14-6-7-18-10-13(14)16(20)19-8-9-21-15-5-3-2-4-12(15)11-19/h2-7,10H,8-9,11H2,1H3,(H,17,18). The summed E-state index contributed by atoms with van der Waals surface area (Å²) in [6.45, 7) is 1.61. The Morgan fingerprint density at radius 1 is 1.33 bits per heavy atom. The fraction of sp³-hybridized carbons (Fsp3) is 0.250. The minimum Gasteiger partial charge on any atom is -0.491 e. The summed E-state index contributed by atoms with van der Waals surface area (Å²) >= 11 is 0. The fourth-order valence-corrected chi connectivity index (χ4v) is 2.45. The van der Waals surface area contributed by atoms with E-state index in [1.165, 1.54) is 0 Å². The average molecular weight is 283 g/mol. The van der Waals surface area contributed by atoms with E-state index in [0.717, 1.165) is 17.0 Å². The molecule has 0 atom stereocenters. The number of hydrogen-bond donors (Lipinski definition) is 1. The van der Waals surface area contributed by atoms with E-state index in [0.29, 0.717) is 25.3 Å². The minimum absolute atomic E-state index is 0.0345. The zero-order valence-corrected chi connectivity index (χ0v) is 11.9. The van der Waals surface area contributed by atoms with E-state index >= 15 is 0 Å². The van der Waals surface area contributed by atoms with Crippen LogP contribution >= 0.6 is 0 Å². The molecule has 0 spiro atoms. The van der Waals surface area contributed by atoms with E-state index in [1.807, 2.05) is 24.3 Å². The average Bonchev–Trinajstić information content (AvgIpc) is 2.76. The van der Waals surface area contributed by atoms with Crippen LogP contribution in [0.25, 0.3) is 0 Å². The van der Waals surface area contributed by atoms with Gasteiger partial charge < -0.3 is 15.0 Å². The Bertz CT molecular complexity index is 657. The van der Waals surface area contributed by atoms with E-state index in [9.17, 15) is 4.79 Å². The number of fused-ring (bicyclic) bond motifs is 1. The van der Waals surface area contributed by atoms with Crippen molar-refractivity contribution in [2.45, 2.75) is 6.54 Å². The Kier molecular flexibility index (Phi) is 3.73. The summed E-state index contributed by atoms with van der Waals surface area (Å²) in [6.07, 6.45) is 3.27. The molecule has 108 valence electrons. The van der Waals surface area contributed by atoms with Crippen molar-refractivity contribution in [3.8, 4) is 5.75 Å². The third kappa shape index (κ3) is 2.67. The first kappa shape index (κ1) is 13.4. The largest absolute Gasteiger partial charge is 0.491 e. The second kappa shape index (κ2) is 5.83. The molecule has 0 radical (unpaired) electrons. The van der Waals surface area contributed by atoms with Crippen LogP contribution in [0.15, 0.2) is 42.7 Å². The maximum atomic E-state index is 12.7. The van der Waals surface area contributed by atoms with Crippen LogP contribution in [0.3, 0.4) is 0 Å². The maximum Gasteiger partial charge on any atom is 0.257 e. The van der Waals surface area contributed by atoms with E-state index in [2.05, 4.69) is 10.3 Å². The monoisotopic (exact) mass is 283 g/mol. The van der Waals surface area contributed by atoms with Crippen molar-refractivity contribution < 1.29 is 9.53 Å². The molecular formula is C16H17N3O2. The second-order valence-electron chi connectivity index (χ2n) is 4.85. The summed E-state index contributed by atoms with van der Waals surface area (Å²) in [5, 5.41) is 3.03. The van der Waals surface area contributed by atoms with Gasteiger partial charge in [0.2, 0.25) is 0 Å². The molecule has 1 aromatic heterocycles. The van der Waals surface area contributed by atoms with Gasteiger partial charge in [-0.05, 0) is 12.1 Å². The number of carbonyl (C=O) groups excluding carboxylic acids is 1. The van der Waals surface area contributed by atoms with Crippen molar-refractivity contribution in [1.29, 1.82) is 0 Å². The predicted octanol–water partition coefficient (Wildman–Crippen LogP) is 2.16. The van der Waals surface area contributed by atoms with E-state index in [4.69, 9.17) is 4.74 Å². The SMILES string of the molecule is CNc1ccncc1C(=O)N1CCOc2ccccc2C1. The first-order chi connectivity index (χ1) is 10.3. The lowest BCUT2D eigenvalue weighted by molar-refractivity contribution is 0.0734. The quantitative estimate of drug-likeness (QED) is 0.917. The minimum atomic E-state index is -0.0345. The lowest BCUT2D eigenvalue weighted by Gasteiger charge is -2.21. The van der Waals surface area contributed by atoms with Crippen molar-refractivity contribution >= 4 is 11.6 Å². The van der Waals surface area contributed by atoms with E-state index < -0.39 is 0 Å². The Hall–Kier alpha value is -2.56. The molecular weight excluding hydrogens is 266 g/mol. The number of benzene rings is 1. The molecule has 0 fully saturated rings. The highest BCUT2D eigenvalue weighted by Crippen LogP contribution is 2.24. The maximum absolute atomic E-state index is 12.7. The molecule has 21 heavy (non-hydrogen) atoms. The summed E-state index contributed by atoms with van der Waals surface area (Å²) in [5.74, 6) is 0.820. The van der Waals surface area contributed by atoms with Gasteiger partial charge in [-0.15, -0.1) is 0 Å². The van der Waals surface area contributed by atoms with Gasteiger partial charge in [0.1, 0.15) is 12.4 Å². The van der Waals surface area contributed by atoms with Gasteiger partial charge in [-0.1, -0.05) is 18.2 Å². The Morgan fingerprint density at radius 3 is 3.05 bits per heavy atom. The lowest BCUT2D eigenvalue weighted by atomic mass is 10.1. The molecule has 1 aliphatic heterocycles. The smallest absolute Gasteiger partial charge is 0.257 e. The number of carbonyl (C=O) groups is 1. The van der Waals surface area contributed by atoms with Gasteiger partial charge in [0.25, 0.3) is 5.91 Å². The molecule has 0 bridgehead atoms. The van der Waals surface area contributed by atoms with Crippen LogP contribution in [-0.4, -0.2) is 36.0 Å². The molecule has 1 amide bonds. The molecule has 0 aliphatic carbocycles. The molecule has 1 N–H and O–H groups in total. The number of rotatable bonds is 2. The molecule has 1 aliphatic rings. The number of nitrogens with zero attached hydrogens (tertiary/aromatic N) is 2. The van der Waals surface area contributed by atoms with Gasteiger partial charge in [0.15, 0.2) is 0 Å². The van der Waals surface area contributed by atoms with Crippen molar-refractivity contribution in [1.82, 2.24) is 9.88 Å². The molecule has 2 aromatic rings. The number of nitrogens with one attached hydrogen (secondary N) is 1. The van der Waals surface area contributed by atoms with Crippen molar-refractivity contribution in [2.75, 3.05) is 25.5 Å². The lowest BCUT2D eigenvalue weighted by Crippen LogP contribution is -2.33. The van der Waals surface area contributed by atoms with Crippen LogP contribution in [0, 0.1) is 0 Å². The highest BCUT2D eigenvalue weighted by Gasteiger charge is 2.22. The van der Waals surface area contributed by atoms with E-state index in [1.54, 1.807) is 30.4 Å². The first-order valence-electron chi connectivity index (χ1n) is 6.91. The number of pyridine rings is 1. The second-order valence-corrected chi connectivity index (χ2v) is 4.85. The summed E-state index contributed by atoms with van der Waals surface area (Å²) in [5.41, 5.74) is 2.39. The number of hydrogen-bond acceptors (Lipinski definition) is 4. The number of amides is 1. The predicted molar refractivity (Wildman–Crippen MR) is 80.5 cm³/mol. The number of ether oxygens (including phenoxy) is 1. The van der Waals surface area contributed by atoms with Gasteiger partial charge in [0.05, 0.1) is 12.1 Å². The van der Waals surface area contributed by atoms with Crippen LogP contribution in [0.5, 0.6) is 5.75 Å². The van der Waals surface area contributed by atoms with Crippen molar-refractivity contribution in [3.63, 3.8) is 0 Å². The fourth-order valence-electron chi connectivity index (χ4n) is 2.45. The highest BCUT2D eigenvalue weighted by atomic mass is 16.5. The van der Waals surface area contributed by atoms with Gasteiger partial charge in [-0.2, -0.15) is 0 Å². The Morgan fingerprint density at radius 2 is 2.19 bits per heavy atom. The number of anilines is 1. The Labute approximate surface area is 123 Å². The van der Waals surface area contributed by atoms with Gasteiger partial charge >= 0.3 is 0 Å². The van der Waals surface area contributed by atoms with Crippen LogP contribution in [-0.2, 0) is 6.54 Å². The van der Waals surface area contributed by atoms with Crippen molar-refractivity contribution in [2.24, 2.45) is 0 Å². The first-order valence-corrected chi connectivity index (χ1v) is 6.91. The zero-order valence-electron chi connectivity index (χ0n) is 11.9. The van der Waals surface area contributed by atoms with Crippen LogP contribution in [0.4, 0.5) is 5.69 Å². The summed E-state index contributed by atoms with van der Waals surface area (Å²) in [6, 6.07) is 9.63. The van der Waals surface area contributed by atoms with Gasteiger partial charge in [-0.25, -0.2) is 0 Å². The van der Waals surface area contributed by atoms with Crippen LogP contribution < -0.4 is 10.1 Å². The molecule has 2 heterocycles. The molecule has 5 nitrogen and oxygen atoms in total. The van der Waals surface area contributed by atoms with Gasteiger partial charge in [0, 0.05) is 37.2 Å². The molecule has 0 saturated heterocycles. The third-order valence-electron chi connectivity index (χ3n) is 3.56. The molecule has 3 rings (SSSR count). The molecule has 0 unspecified atom stereocenters. The zero-order chi connectivity index (χ0) is 14.7. The molecule has 0 saturated carbocycles. The Balaban J connectivity index is 1.88. The summed E-state index contributed by atoms with van der Waals surface area (Å²) < 4.78 is 5.70. The summed E-state index contributed by atoms with van der Waals surface area (Å²) in [7, 11) is 1.80. The van der Waals surface area contributed by atoms with E-state index in [-0.39, 0.29) is 5.91 Å². The van der Waals surface area contributed by atoms with Crippen LogP contribution in [0.2, 0.25) is 0 Å². The summed E-state index contributed by atoms with van der Waals surface area (Å²) in [4.78, 5) is 18.6. The molecule has 5 heteroatoms. The third-order valence-corrected chi connectivity index (χ3v) is 3.56. The number of para-hydroxylation sites is 1. The van der Waals surface area contributed by atoms with Crippen molar-refractivity contribution in [3.05, 3.63) is 53.9 Å². The topological polar surface area (TPSA) is 54.5 Å². The highest BCUT2D eigenvalue weighted by molar-refractivity contribution is 5.99. The molecule has 1 aromatic carbocycles. The number of aromatic nitrogens is 1. The van der Waals surface area contributed by atoms with Crippen LogP contribution in [0.1, 0.15) is 15.9 Å². The normalized spacial score (nSPS) is 13.9.